The number of carbonyl (C=O) groups excluding carboxylic acids is 1. The molecule has 1 atom stereocenters. The fourth-order valence-corrected chi connectivity index (χ4v) is 2.70. The van der Waals surface area contributed by atoms with E-state index in [4.69, 9.17) is 0 Å². The lowest BCUT2D eigenvalue weighted by Crippen LogP contribution is -2.25. The van der Waals surface area contributed by atoms with Crippen LogP contribution < -0.4 is 5.32 Å². The maximum absolute atomic E-state index is 13.4. The van der Waals surface area contributed by atoms with E-state index < -0.39 is 0 Å². The minimum atomic E-state index is -0.318. The summed E-state index contributed by atoms with van der Waals surface area (Å²) >= 11 is 0. The molecule has 0 radical (unpaired) electrons. The number of nitrogens with zero attached hydrogens (tertiary/aromatic N) is 3. The molecule has 1 aromatic carbocycles. The second kappa shape index (κ2) is 7.74. The average molecular weight is 350 g/mol. The number of nitrogens with one attached hydrogen (secondary N) is 1. The van der Waals surface area contributed by atoms with Gasteiger partial charge in [-0.15, -0.1) is 0 Å². The number of aromatic nitrogens is 3. The summed E-state index contributed by atoms with van der Waals surface area (Å²) in [5, 5.41) is 7.24. The topological polar surface area (TPSA) is 59.8 Å². The molecule has 3 rings (SSSR count). The molecule has 1 N–H and O–H groups in total. The van der Waals surface area contributed by atoms with Gasteiger partial charge in [0.15, 0.2) is 0 Å². The van der Waals surface area contributed by atoms with Crippen molar-refractivity contribution in [1.82, 2.24) is 20.1 Å². The van der Waals surface area contributed by atoms with Crippen molar-refractivity contribution in [3.63, 3.8) is 0 Å². The Morgan fingerprint density at radius 2 is 2.04 bits per heavy atom. The average Bonchev–Trinajstić information content (AvgIpc) is 3.02. The smallest absolute Gasteiger partial charge is 0.244 e. The fourth-order valence-electron chi connectivity index (χ4n) is 2.70. The summed E-state index contributed by atoms with van der Waals surface area (Å²) in [4.78, 5) is 16.1. The lowest BCUT2D eigenvalue weighted by Gasteiger charge is -2.13. The molecule has 0 unspecified atom stereocenters. The van der Waals surface area contributed by atoms with E-state index in [9.17, 15) is 9.18 Å². The van der Waals surface area contributed by atoms with E-state index in [1.165, 1.54) is 18.2 Å². The molecule has 0 saturated carbocycles. The van der Waals surface area contributed by atoms with Gasteiger partial charge in [-0.3, -0.25) is 9.78 Å². The number of benzene rings is 1. The zero-order chi connectivity index (χ0) is 18.5. The van der Waals surface area contributed by atoms with Gasteiger partial charge in [-0.05, 0) is 55.8 Å². The molecule has 0 saturated heterocycles. The van der Waals surface area contributed by atoms with Gasteiger partial charge >= 0.3 is 0 Å². The summed E-state index contributed by atoms with van der Waals surface area (Å²) in [6, 6.07) is 9.65. The highest BCUT2D eigenvalue weighted by atomic mass is 19.1. The number of hydrogen-bond acceptors (Lipinski definition) is 3. The van der Waals surface area contributed by atoms with Gasteiger partial charge in [-0.2, -0.15) is 5.10 Å². The summed E-state index contributed by atoms with van der Waals surface area (Å²) in [6.07, 6.45) is 8.25. The normalized spacial score (nSPS) is 12.3. The van der Waals surface area contributed by atoms with Crippen molar-refractivity contribution < 1.29 is 9.18 Å². The Morgan fingerprint density at radius 3 is 2.77 bits per heavy atom. The summed E-state index contributed by atoms with van der Waals surface area (Å²) < 4.78 is 15.1. The molecule has 2 heterocycles. The monoisotopic (exact) mass is 350 g/mol. The van der Waals surface area contributed by atoms with Crippen LogP contribution in [0.2, 0.25) is 0 Å². The van der Waals surface area contributed by atoms with E-state index in [1.54, 1.807) is 41.5 Å². The Labute approximate surface area is 151 Å². The first-order valence-electron chi connectivity index (χ1n) is 8.23. The molecule has 0 aliphatic rings. The first kappa shape index (κ1) is 17.5. The second-order valence-corrected chi connectivity index (χ2v) is 5.92. The number of carbonyl (C=O) groups is 1. The number of hydrogen-bond donors (Lipinski definition) is 1. The lowest BCUT2D eigenvalue weighted by atomic mass is 10.1. The van der Waals surface area contributed by atoms with Crippen molar-refractivity contribution in [2.45, 2.75) is 19.9 Å². The highest BCUT2D eigenvalue weighted by molar-refractivity contribution is 5.91. The third-order valence-electron chi connectivity index (χ3n) is 4.06. The molecule has 0 aliphatic carbocycles. The van der Waals surface area contributed by atoms with Crippen molar-refractivity contribution in [3.8, 4) is 5.69 Å². The van der Waals surface area contributed by atoms with E-state index in [2.05, 4.69) is 15.4 Å². The van der Waals surface area contributed by atoms with Gasteiger partial charge in [0.1, 0.15) is 5.82 Å². The highest BCUT2D eigenvalue weighted by Gasteiger charge is 2.15. The van der Waals surface area contributed by atoms with Crippen molar-refractivity contribution in [2.75, 3.05) is 0 Å². The van der Waals surface area contributed by atoms with Crippen molar-refractivity contribution >= 4 is 12.0 Å². The van der Waals surface area contributed by atoms with Crippen LogP contribution in [0.15, 0.2) is 61.1 Å². The molecular weight excluding hydrogens is 331 g/mol. The Bertz CT molecular complexity index is 934. The second-order valence-electron chi connectivity index (χ2n) is 5.92. The predicted octanol–water partition coefficient (Wildman–Crippen LogP) is 3.61. The maximum Gasteiger partial charge on any atom is 0.244 e. The molecule has 3 aromatic rings. The third kappa shape index (κ3) is 4.03. The minimum Gasteiger partial charge on any atom is -0.346 e. The molecule has 132 valence electrons. The van der Waals surface area contributed by atoms with Crippen molar-refractivity contribution in [3.05, 3.63) is 83.7 Å². The first-order chi connectivity index (χ1) is 12.5. The van der Waals surface area contributed by atoms with Crippen LogP contribution >= 0.6 is 0 Å². The van der Waals surface area contributed by atoms with Gasteiger partial charge in [-0.1, -0.05) is 6.07 Å². The van der Waals surface area contributed by atoms with Crippen LogP contribution in [0.4, 0.5) is 4.39 Å². The van der Waals surface area contributed by atoms with Gasteiger partial charge in [0.2, 0.25) is 5.91 Å². The van der Waals surface area contributed by atoms with E-state index in [-0.39, 0.29) is 17.8 Å². The molecule has 0 aliphatic heterocycles. The van der Waals surface area contributed by atoms with Crippen LogP contribution in [-0.4, -0.2) is 20.7 Å². The first-order valence-corrected chi connectivity index (χ1v) is 8.23. The van der Waals surface area contributed by atoms with Crippen LogP contribution in [-0.2, 0) is 4.79 Å². The number of pyridine rings is 1. The molecule has 0 fully saturated rings. The lowest BCUT2D eigenvalue weighted by molar-refractivity contribution is -0.117. The van der Waals surface area contributed by atoms with E-state index in [0.717, 1.165) is 16.8 Å². The van der Waals surface area contributed by atoms with Gasteiger partial charge in [0.25, 0.3) is 0 Å². The summed E-state index contributed by atoms with van der Waals surface area (Å²) in [7, 11) is 0. The molecule has 26 heavy (non-hydrogen) atoms. The molecule has 6 heteroatoms. The molecular formula is C20H19FN4O. The summed E-state index contributed by atoms with van der Waals surface area (Å²) in [6.45, 7) is 3.78. The van der Waals surface area contributed by atoms with Crippen LogP contribution in [0.1, 0.15) is 29.8 Å². The zero-order valence-electron chi connectivity index (χ0n) is 14.6. The Morgan fingerprint density at radius 1 is 1.27 bits per heavy atom. The van der Waals surface area contributed by atoms with Gasteiger partial charge in [-0.25, -0.2) is 9.07 Å². The van der Waals surface area contributed by atoms with E-state index >= 15 is 0 Å². The Balaban J connectivity index is 1.71. The predicted molar refractivity (Wildman–Crippen MR) is 98.1 cm³/mol. The minimum absolute atomic E-state index is 0.202. The zero-order valence-corrected chi connectivity index (χ0v) is 14.6. The number of amides is 1. The SMILES string of the molecule is Cc1c([C@H](C)NC(=O)/C=C/c2ccncc2)cnn1-c1cccc(F)c1. The maximum atomic E-state index is 13.4. The van der Waals surface area contributed by atoms with Crippen LogP contribution in [0.3, 0.4) is 0 Å². The standard InChI is InChI=1S/C20H19FN4O/c1-14(24-20(26)7-6-16-8-10-22-11-9-16)19-13-23-25(15(19)2)18-5-3-4-17(21)12-18/h3-14H,1-2H3,(H,24,26)/b7-6+/t14-/m0/s1. The van der Waals surface area contributed by atoms with Crippen molar-refractivity contribution in [1.29, 1.82) is 0 Å². The highest BCUT2D eigenvalue weighted by Crippen LogP contribution is 2.20. The van der Waals surface area contributed by atoms with Gasteiger partial charge < -0.3 is 5.32 Å². The van der Waals surface area contributed by atoms with Crippen LogP contribution in [0, 0.1) is 12.7 Å². The van der Waals surface area contributed by atoms with Crippen LogP contribution in [0.25, 0.3) is 11.8 Å². The third-order valence-corrected chi connectivity index (χ3v) is 4.06. The molecule has 0 bridgehead atoms. The molecule has 1 amide bonds. The quantitative estimate of drug-likeness (QED) is 0.715. The Hall–Kier alpha value is -3.28. The van der Waals surface area contributed by atoms with Gasteiger partial charge in [0, 0.05) is 29.7 Å². The fraction of sp³-hybridized carbons (Fsp3) is 0.150. The summed E-state index contributed by atoms with van der Waals surface area (Å²) in [5.41, 5.74) is 3.27. The van der Waals surface area contributed by atoms with Gasteiger partial charge in [0.05, 0.1) is 17.9 Å². The van der Waals surface area contributed by atoms with E-state index in [1.807, 2.05) is 26.0 Å². The number of rotatable bonds is 5. The van der Waals surface area contributed by atoms with Crippen LogP contribution in [0.5, 0.6) is 0 Å². The molecule has 2 aromatic heterocycles. The van der Waals surface area contributed by atoms with E-state index in [0.29, 0.717) is 5.69 Å². The van der Waals surface area contributed by atoms with Crippen molar-refractivity contribution in [2.24, 2.45) is 0 Å². The largest absolute Gasteiger partial charge is 0.346 e. The molecule has 5 nitrogen and oxygen atoms in total. The Kier molecular flexibility index (Phi) is 5.22. The summed E-state index contributed by atoms with van der Waals surface area (Å²) in [5.74, 6) is -0.520. The number of halogens is 1. The molecule has 0 spiro atoms.